The van der Waals surface area contributed by atoms with Crippen molar-refractivity contribution in [3.63, 3.8) is 0 Å². The number of phenolic OH excluding ortho intramolecular Hbond substituents is 2. The minimum atomic E-state index is -1.94. The SMILES string of the molecule is COc1cc(OC2OC(C(=O)O)C(O)C(O)C2O)c(C2CC(=O)c3ccc(O)cc3O2)c(O)c1CC=C(C)C. The van der Waals surface area contributed by atoms with E-state index in [1.165, 1.54) is 31.4 Å². The third kappa shape index (κ3) is 5.50. The second-order valence-electron chi connectivity index (χ2n) is 9.57. The van der Waals surface area contributed by atoms with Crippen LogP contribution in [-0.2, 0) is 16.0 Å². The van der Waals surface area contributed by atoms with Crippen LogP contribution in [0.4, 0.5) is 0 Å². The lowest BCUT2D eigenvalue weighted by Crippen LogP contribution is -2.61. The van der Waals surface area contributed by atoms with Gasteiger partial charge in [-0.15, -0.1) is 0 Å². The van der Waals surface area contributed by atoms with E-state index in [-0.39, 0.29) is 58.5 Å². The number of benzene rings is 2. The number of aromatic hydroxyl groups is 2. The van der Waals surface area contributed by atoms with Gasteiger partial charge >= 0.3 is 5.97 Å². The van der Waals surface area contributed by atoms with Crippen molar-refractivity contribution in [3.05, 3.63) is 52.6 Å². The maximum absolute atomic E-state index is 13.0. The molecule has 4 rings (SSSR count). The Hall–Kier alpha value is -3.84. The van der Waals surface area contributed by atoms with Crippen molar-refractivity contribution < 1.29 is 59.2 Å². The van der Waals surface area contributed by atoms with Crippen LogP contribution in [0.25, 0.3) is 0 Å². The highest BCUT2D eigenvalue weighted by Crippen LogP contribution is 2.48. The molecule has 2 aliphatic rings. The Morgan fingerprint density at radius 3 is 2.44 bits per heavy atom. The fourth-order valence-electron chi connectivity index (χ4n) is 4.52. The quantitative estimate of drug-likeness (QED) is 0.275. The van der Waals surface area contributed by atoms with Crippen LogP contribution in [0.15, 0.2) is 35.9 Å². The Kier molecular flexibility index (Phi) is 8.02. The number of fused-ring (bicyclic) bond motifs is 1. The molecule has 12 nitrogen and oxygen atoms in total. The molecule has 6 unspecified atom stereocenters. The zero-order chi connectivity index (χ0) is 28.6. The Morgan fingerprint density at radius 1 is 1.08 bits per heavy atom. The fourth-order valence-corrected chi connectivity index (χ4v) is 4.52. The summed E-state index contributed by atoms with van der Waals surface area (Å²) in [6.45, 7) is 3.74. The maximum atomic E-state index is 13.0. The molecule has 0 bridgehead atoms. The number of methoxy groups -OCH3 is 1. The average molecular weight is 547 g/mol. The highest BCUT2D eigenvalue weighted by atomic mass is 16.7. The normalized spacial score (nSPS) is 26.3. The molecule has 39 heavy (non-hydrogen) atoms. The molecule has 210 valence electrons. The minimum Gasteiger partial charge on any atom is -0.508 e. The summed E-state index contributed by atoms with van der Waals surface area (Å²) >= 11 is 0. The van der Waals surface area contributed by atoms with Crippen LogP contribution in [0.2, 0.25) is 0 Å². The predicted molar refractivity (Wildman–Crippen MR) is 133 cm³/mol. The highest BCUT2D eigenvalue weighted by molar-refractivity contribution is 6.00. The molecule has 6 N–H and O–H groups in total. The zero-order valence-electron chi connectivity index (χ0n) is 21.4. The highest BCUT2D eigenvalue weighted by Gasteiger charge is 2.48. The lowest BCUT2D eigenvalue weighted by Gasteiger charge is -2.39. The number of hydrogen-bond donors (Lipinski definition) is 6. The molecule has 0 spiro atoms. The molecule has 2 aliphatic heterocycles. The van der Waals surface area contributed by atoms with E-state index >= 15 is 0 Å². The number of Topliss-reactive ketones (excluding diaryl/α,β-unsaturated/α-hetero) is 1. The molecule has 0 aliphatic carbocycles. The number of allylic oxidation sites excluding steroid dienone is 2. The molecule has 1 saturated heterocycles. The Labute approximate surface area is 223 Å². The number of carbonyl (C=O) groups is 2. The average Bonchev–Trinajstić information content (AvgIpc) is 2.87. The standard InChI is InChI=1S/C27H30O12/c1-11(2)4-6-14-16(36-3)10-19(38-27-24(33)22(31)23(32)25(39-27)26(34)35)20(21(14)30)18-9-15(29)13-7-5-12(28)8-17(13)37-18/h4-5,7-8,10,18,22-25,27-28,30-33H,6,9H2,1-3H3,(H,34,35). The molecule has 0 radical (unpaired) electrons. The molecule has 12 heteroatoms. The molecule has 0 saturated carbocycles. The summed E-state index contributed by atoms with van der Waals surface area (Å²) in [6.07, 6.45) is -8.76. The first-order valence-corrected chi connectivity index (χ1v) is 12.1. The lowest BCUT2D eigenvalue weighted by atomic mass is 9.92. The molecule has 6 atom stereocenters. The summed E-state index contributed by atoms with van der Waals surface area (Å²) < 4.78 is 22.5. The van der Waals surface area contributed by atoms with Gasteiger partial charge in [-0.05, 0) is 32.4 Å². The van der Waals surface area contributed by atoms with Crippen LogP contribution in [0, 0.1) is 0 Å². The van der Waals surface area contributed by atoms with Crippen molar-refractivity contribution in [2.45, 2.75) is 63.5 Å². The van der Waals surface area contributed by atoms with E-state index in [2.05, 4.69) is 0 Å². The van der Waals surface area contributed by atoms with Crippen molar-refractivity contribution in [2.75, 3.05) is 7.11 Å². The molecular formula is C27H30O12. The van der Waals surface area contributed by atoms with Gasteiger partial charge in [-0.2, -0.15) is 0 Å². The number of aliphatic hydroxyl groups excluding tert-OH is 3. The van der Waals surface area contributed by atoms with Gasteiger partial charge < -0.3 is 49.6 Å². The number of carbonyl (C=O) groups excluding carboxylic acids is 1. The molecule has 0 amide bonds. The molecule has 2 aromatic rings. The van der Waals surface area contributed by atoms with Gasteiger partial charge in [-0.25, -0.2) is 4.79 Å². The van der Waals surface area contributed by atoms with E-state index < -0.39 is 42.8 Å². The smallest absolute Gasteiger partial charge is 0.335 e. The number of hydrogen-bond acceptors (Lipinski definition) is 11. The van der Waals surface area contributed by atoms with Crippen LogP contribution >= 0.6 is 0 Å². The number of carboxylic acids is 1. The maximum Gasteiger partial charge on any atom is 0.335 e. The third-order valence-electron chi connectivity index (χ3n) is 6.58. The summed E-state index contributed by atoms with van der Waals surface area (Å²) in [6, 6.07) is 5.38. The number of aliphatic hydroxyl groups is 3. The minimum absolute atomic E-state index is 0.0291. The van der Waals surface area contributed by atoms with Crippen LogP contribution in [0.1, 0.15) is 47.9 Å². The van der Waals surface area contributed by atoms with Gasteiger partial charge in [0.05, 0.1) is 24.7 Å². The Morgan fingerprint density at radius 2 is 1.79 bits per heavy atom. The third-order valence-corrected chi connectivity index (χ3v) is 6.58. The number of carboxylic acid groups (broad SMARTS) is 1. The topological polar surface area (TPSA) is 192 Å². The Balaban J connectivity index is 1.83. The summed E-state index contributed by atoms with van der Waals surface area (Å²) in [5.41, 5.74) is 1.50. The summed E-state index contributed by atoms with van der Waals surface area (Å²) in [5.74, 6) is -2.38. The van der Waals surface area contributed by atoms with Crippen molar-refractivity contribution in [2.24, 2.45) is 0 Å². The van der Waals surface area contributed by atoms with Crippen LogP contribution in [0.3, 0.4) is 0 Å². The van der Waals surface area contributed by atoms with Crippen molar-refractivity contribution in [1.82, 2.24) is 0 Å². The van der Waals surface area contributed by atoms with Crippen molar-refractivity contribution in [3.8, 4) is 28.7 Å². The van der Waals surface area contributed by atoms with Gasteiger partial charge in [-0.3, -0.25) is 4.79 Å². The summed E-state index contributed by atoms with van der Waals surface area (Å²) in [5, 5.41) is 61.5. The van der Waals surface area contributed by atoms with Crippen LogP contribution in [-0.4, -0.2) is 80.2 Å². The van der Waals surface area contributed by atoms with Crippen LogP contribution < -0.4 is 14.2 Å². The van der Waals surface area contributed by atoms with Gasteiger partial charge in [-0.1, -0.05) is 11.6 Å². The number of phenols is 2. The van der Waals surface area contributed by atoms with Gasteiger partial charge in [0.25, 0.3) is 0 Å². The molecule has 0 aromatic heterocycles. The number of rotatable bonds is 7. The largest absolute Gasteiger partial charge is 0.508 e. The first-order chi connectivity index (χ1) is 18.4. The second-order valence-corrected chi connectivity index (χ2v) is 9.57. The van der Waals surface area contributed by atoms with E-state index in [1.807, 2.05) is 19.9 Å². The van der Waals surface area contributed by atoms with E-state index in [1.54, 1.807) is 0 Å². The number of aliphatic carboxylic acids is 1. The zero-order valence-corrected chi connectivity index (χ0v) is 21.4. The van der Waals surface area contributed by atoms with Crippen LogP contribution in [0.5, 0.6) is 28.7 Å². The number of ketones is 1. The first-order valence-electron chi connectivity index (χ1n) is 12.1. The van der Waals surface area contributed by atoms with Gasteiger partial charge in [0, 0.05) is 17.7 Å². The molecule has 2 aromatic carbocycles. The van der Waals surface area contributed by atoms with E-state index in [0.29, 0.717) is 5.56 Å². The summed E-state index contributed by atoms with van der Waals surface area (Å²) in [4.78, 5) is 24.5. The van der Waals surface area contributed by atoms with Crippen molar-refractivity contribution >= 4 is 11.8 Å². The van der Waals surface area contributed by atoms with E-state index in [4.69, 9.17) is 18.9 Å². The fraction of sp³-hybridized carbons (Fsp3) is 0.407. The predicted octanol–water partition coefficient (Wildman–Crippen LogP) is 1.59. The molecule has 1 fully saturated rings. The van der Waals surface area contributed by atoms with Gasteiger partial charge in [0.2, 0.25) is 6.29 Å². The monoisotopic (exact) mass is 546 g/mol. The molecular weight excluding hydrogens is 516 g/mol. The lowest BCUT2D eigenvalue weighted by molar-refractivity contribution is -0.271. The van der Waals surface area contributed by atoms with E-state index in [0.717, 1.165) is 5.57 Å². The second kappa shape index (κ2) is 11.1. The Bertz CT molecular complexity index is 1300. The summed E-state index contributed by atoms with van der Waals surface area (Å²) in [7, 11) is 1.36. The van der Waals surface area contributed by atoms with Crippen molar-refractivity contribution in [1.29, 1.82) is 0 Å². The van der Waals surface area contributed by atoms with Gasteiger partial charge in [0.1, 0.15) is 53.2 Å². The number of ether oxygens (including phenoxy) is 4. The van der Waals surface area contributed by atoms with Gasteiger partial charge in [0.15, 0.2) is 11.9 Å². The van der Waals surface area contributed by atoms with E-state index in [9.17, 15) is 40.2 Å². The molecule has 2 heterocycles. The first kappa shape index (κ1) is 28.2.